The normalized spacial score (nSPS) is 16.7. The summed E-state index contributed by atoms with van der Waals surface area (Å²) >= 11 is 0. The molecule has 25 heavy (non-hydrogen) atoms. The molecule has 0 radical (unpaired) electrons. The van der Waals surface area contributed by atoms with E-state index in [0.717, 1.165) is 19.4 Å². The largest absolute Gasteiger partial charge is 0.484 e. The van der Waals surface area contributed by atoms with Crippen LogP contribution in [-0.2, 0) is 4.79 Å². The molecule has 5 heteroatoms. The Bertz CT molecular complexity index is 728. The molecule has 3 rings (SSSR count). The topological polar surface area (TPSA) is 72.6 Å². The maximum Gasteiger partial charge on any atom is 0.260 e. The molecule has 130 valence electrons. The van der Waals surface area contributed by atoms with Crippen LogP contribution in [0, 0.1) is 0 Å². The van der Waals surface area contributed by atoms with Crippen molar-refractivity contribution in [2.45, 2.75) is 18.9 Å². The lowest BCUT2D eigenvalue weighted by molar-refractivity contribution is -0.134. The summed E-state index contributed by atoms with van der Waals surface area (Å²) in [6, 6.07) is 16.1. The number of carbonyl (C=O) groups is 2. The number of amides is 1. The number of nitrogens with zero attached hydrogens (tertiary/aromatic N) is 1. The Kier molecular flexibility index (Phi) is 5.46. The predicted octanol–water partition coefficient (Wildman–Crippen LogP) is 2.25. The zero-order chi connectivity index (χ0) is 17.6. The fourth-order valence-electron chi connectivity index (χ4n) is 3.10. The van der Waals surface area contributed by atoms with Crippen LogP contribution in [-0.4, -0.2) is 42.3 Å². The van der Waals surface area contributed by atoms with Gasteiger partial charge in [-0.1, -0.05) is 30.3 Å². The molecule has 1 aliphatic rings. The van der Waals surface area contributed by atoms with Gasteiger partial charge in [0.25, 0.3) is 5.91 Å². The van der Waals surface area contributed by atoms with Crippen molar-refractivity contribution < 1.29 is 14.3 Å². The number of ether oxygens (including phenoxy) is 1. The summed E-state index contributed by atoms with van der Waals surface area (Å²) in [5.41, 5.74) is 6.93. The van der Waals surface area contributed by atoms with E-state index in [2.05, 4.69) is 0 Å². The second kappa shape index (κ2) is 7.94. The lowest BCUT2D eigenvalue weighted by Crippen LogP contribution is -2.42. The summed E-state index contributed by atoms with van der Waals surface area (Å²) in [5.74, 6) is 0.491. The van der Waals surface area contributed by atoms with Crippen LogP contribution in [0.3, 0.4) is 0 Å². The van der Waals surface area contributed by atoms with Crippen molar-refractivity contribution in [3.8, 4) is 5.75 Å². The molecule has 5 nitrogen and oxygen atoms in total. The number of hydrogen-bond donors (Lipinski definition) is 1. The molecule has 1 fully saturated rings. The minimum absolute atomic E-state index is 0.0114. The highest BCUT2D eigenvalue weighted by atomic mass is 16.5. The average Bonchev–Trinajstić information content (AvgIpc) is 3.15. The van der Waals surface area contributed by atoms with Crippen LogP contribution >= 0.6 is 0 Å². The van der Waals surface area contributed by atoms with Gasteiger partial charge in [-0.2, -0.15) is 0 Å². The Labute approximate surface area is 147 Å². The van der Waals surface area contributed by atoms with Gasteiger partial charge in [0.1, 0.15) is 5.75 Å². The summed E-state index contributed by atoms with van der Waals surface area (Å²) in [6.07, 6.45) is 1.95. The zero-order valence-electron chi connectivity index (χ0n) is 14.1. The van der Waals surface area contributed by atoms with Gasteiger partial charge in [-0.15, -0.1) is 0 Å². The molecule has 1 saturated heterocycles. The third-order valence-electron chi connectivity index (χ3n) is 4.48. The number of nitrogens with two attached hydrogens (primary N) is 1. The van der Waals surface area contributed by atoms with Crippen LogP contribution in [0.5, 0.6) is 5.75 Å². The Balaban J connectivity index is 1.58. The van der Waals surface area contributed by atoms with Crippen LogP contribution in [0.15, 0.2) is 54.6 Å². The fourth-order valence-corrected chi connectivity index (χ4v) is 3.10. The van der Waals surface area contributed by atoms with Crippen molar-refractivity contribution >= 4 is 11.7 Å². The molecule has 1 aliphatic heterocycles. The van der Waals surface area contributed by atoms with Crippen molar-refractivity contribution in [3.63, 3.8) is 0 Å². The zero-order valence-corrected chi connectivity index (χ0v) is 14.1. The molecule has 0 saturated carbocycles. The van der Waals surface area contributed by atoms with Gasteiger partial charge in [-0.05, 0) is 37.1 Å². The predicted molar refractivity (Wildman–Crippen MR) is 95.6 cm³/mol. The Morgan fingerprint density at radius 1 is 1.04 bits per heavy atom. The molecule has 1 unspecified atom stereocenters. The summed E-state index contributed by atoms with van der Waals surface area (Å²) in [6.45, 7) is 1.22. The summed E-state index contributed by atoms with van der Waals surface area (Å²) in [4.78, 5) is 26.4. The third-order valence-corrected chi connectivity index (χ3v) is 4.48. The number of rotatable bonds is 6. The molecular weight excluding hydrogens is 316 g/mol. The minimum Gasteiger partial charge on any atom is -0.484 e. The number of hydrogen-bond acceptors (Lipinski definition) is 4. The number of carbonyl (C=O) groups excluding carboxylic acids is 2. The lowest BCUT2D eigenvalue weighted by atomic mass is 10.0. The highest BCUT2D eigenvalue weighted by Gasteiger charge is 2.27. The molecule has 2 aromatic carbocycles. The molecule has 2 aromatic rings. The number of likely N-dealkylation sites (tertiary alicyclic amines) is 1. The molecule has 2 N–H and O–H groups in total. The van der Waals surface area contributed by atoms with E-state index in [1.54, 1.807) is 41.3 Å². The first-order chi connectivity index (χ1) is 12.2. The summed E-state index contributed by atoms with van der Waals surface area (Å²) in [7, 11) is 0. The van der Waals surface area contributed by atoms with Gasteiger partial charge < -0.3 is 15.4 Å². The molecule has 1 heterocycles. The van der Waals surface area contributed by atoms with E-state index in [1.165, 1.54) is 0 Å². The van der Waals surface area contributed by atoms with E-state index < -0.39 is 0 Å². The average molecular weight is 338 g/mol. The van der Waals surface area contributed by atoms with Crippen molar-refractivity contribution in [1.82, 2.24) is 4.90 Å². The van der Waals surface area contributed by atoms with Gasteiger partial charge >= 0.3 is 0 Å². The van der Waals surface area contributed by atoms with E-state index >= 15 is 0 Å². The van der Waals surface area contributed by atoms with E-state index in [0.29, 0.717) is 23.4 Å². The lowest BCUT2D eigenvalue weighted by Gasteiger charge is -2.23. The van der Waals surface area contributed by atoms with E-state index in [-0.39, 0.29) is 24.3 Å². The van der Waals surface area contributed by atoms with E-state index in [9.17, 15) is 9.59 Å². The molecular formula is C20H22N2O3. The van der Waals surface area contributed by atoms with Gasteiger partial charge in [-0.25, -0.2) is 0 Å². The van der Waals surface area contributed by atoms with Crippen LogP contribution in [0.1, 0.15) is 28.8 Å². The Morgan fingerprint density at radius 2 is 1.72 bits per heavy atom. The van der Waals surface area contributed by atoms with Crippen LogP contribution in [0.2, 0.25) is 0 Å². The van der Waals surface area contributed by atoms with Crippen LogP contribution < -0.4 is 10.5 Å². The third kappa shape index (κ3) is 4.06. The smallest absolute Gasteiger partial charge is 0.260 e. The van der Waals surface area contributed by atoms with Gasteiger partial charge in [0, 0.05) is 30.3 Å². The van der Waals surface area contributed by atoms with Crippen molar-refractivity contribution in [2.75, 3.05) is 19.7 Å². The Hall–Kier alpha value is -2.66. The quantitative estimate of drug-likeness (QED) is 0.820. The molecule has 1 amide bonds. The Morgan fingerprint density at radius 3 is 2.40 bits per heavy atom. The van der Waals surface area contributed by atoms with Gasteiger partial charge in [0.2, 0.25) is 0 Å². The standard InChI is InChI=1S/C20H22N2O3/c21-13-17-7-4-12-22(17)19(23)14-25-18-10-8-16(9-11-18)20(24)15-5-2-1-3-6-15/h1-3,5-6,8-11,17H,4,7,12-14,21H2. The fraction of sp³-hybridized carbons (Fsp3) is 0.300. The maximum absolute atomic E-state index is 12.4. The summed E-state index contributed by atoms with van der Waals surface area (Å²) in [5, 5.41) is 0. The van der Waals surface area contributed by atoms with Crippen molar-refractivity contribution in [2.24, 2.45) is 5.73 Å². The number of benzene rings is 2. The summed E-state index contributed by atoms with van der Waals surface area (Å²) < 4.78 is 5.57. The maximum atomic E-state index is 12.4. The molecule has 1 atom stereocenters. The SMILES string of the molecule is NCC1CCCN1C(=O)COc1ccc(C(=O)c2ccccc2)cc1. The second-order valence-electron chi connectivity index (χ2n) is 6.13. The van der Waals surface area contributed by atoms with E-state index in [4.69, 9.17) is 10.5 Å². The van der Waals surface area contributed by atoms with Crippen molar-refractivity contribution in [3.05, 3.63) is 65.7 Å². The minimum atomic E-state index is -0.0441. The first-order valence-corrected chi connectivity index (χ1v) is 8.51. The highest BCUT2D eigenvalue weighted by molar-refractivity contribution is 6.08. The van der Waals surface area contributed by atoms with Crippen molar-refractivity contribution in [1.29, 1.82) is 0 Å². The highest BCUT2D eigenvalue weighted by Crippen LogP contribution is 2.18. The first kappa shape index (κ1) is 17.2. The monoisotopic (exact) mass is 338 g/mol. The number of ketones is 1. The molecule has 0 spiro atoms. The van der Waals surface area contributed by atoms with E-state index in [1.807, 2.05) is 18.2 Å². The molecule has 0 aromatic heterocycles. The molecule has 0 bridgehead atoms. The van der Waals surface area contributed by atoms with Gasteiger partial charge in [0.15, 0.2) is 12.4 Å². The van der Waals surface area contributed by atoms with Crippen LogP contribution in [0.4, 0.5) is 0 Å². The van der Waals surface area contributed by atoms with Gasteiger partial charge in [-0.3, -0.25) is 9.59 Å². The molecule has 0 aliphatic carbocycles. The second-order valence-corrected chi connectivity index (χ2v) is 6.13. The van der Waals surface area contributed by atoms with Crippen LogP contribution in [0.25, 0.3) is 0 Å². The van der Waals surface area contributed by atoms with Gasteiger partial charge in [0.05, 0.1) is 0 Å². The first-order valence-electron chi connectivity index (χ1n) is 8.51.